The number of hydrogen-bond donors (Lipinski definition) is 1. The first kappa shape index (κ1) is 23.2. The van der Waals surface area contributed by atoms with Crippen LogP contribution in [0.15, 0.2) is 42.5 Å². The number of halogens is 3. The fourth-order valence-electron chi connectivity index (χ4n) is 2.72. The Morgan fingerprint density at radius 1 is 1.17 bits per heavy atom. The van der Waals surface area contributed by atoms with Crippen molar-refractivity contribution in [2.75, 3.05) is 14.2 Å². The van der Waals surface area contributed by atoms with E-state index in [0.717, 1.165) is 34.7 Å². The van der Waals surface area contributed by atoms with Crippen LogP contribution in [0.4, 0.5) is 18.9 Å². The second kappa shape index (κ2) is 8.71. The first-order valence-corrected chi connectivity index (χ1v) is 9.66. The number of nitro groups is 1. The van der Waals surface area contributed by atoms with Gasteiger partial charge in [0.2, 0.25) is 0 Å². The van der Waals surface area contributed by atoms with Crippen LogP contribution in [0, 0.1) is 10.1 Å². The van der Waals surface area contributed by atoms with E-state index in [2.05, 4.69) is 17.0 Å². The average Bonchev–Trinajstić information content (AvgIpc) is 2.66. The molecular formula is C18H17F3N2O6S. The lowest BCUT2D eigenvalue weighted by atomic mass is 9.97. The van der Waals surface area contributed by atoms with Crippen molar-refractivity contribution in [3.05, 3.63) is 69.3 Å². The van der Waals surface area contributed by atoms with Crippen molar-refractivity contribution in [1.29, 1.82) is 0 Å². The molecule has 12 heteroatoms. The zero-order chi connectivity index (χ0) is 22.7. The van der Waals surface area contributed by atoms with Crippen LogP contribution >= 0.6 is 0 Å². The fourth-order valence-corrected chi connectivity index (χ4v) is 2.72. The van der Waals surface area contributed by atoms with Crippen molar-refractivity contribution in [3.8, 4) is 5.75 Å². The molecule has 2 aromatic carbocycles. The molecule has 0 atom stereocenters. The molecule has 30 heavy (non-hydrogen) atoms. The highest BCUT2D eigenvalue weighted by Crippen LogP contribution is 2.34. The summed E-state index contributed by atoms with van der Waals surface area (Å²) in [7, 11) is -2.17. The van der Waals surface area contributed by atoms with Crippen LogP contribution < -0.4 is 4.74 Å². The number of ether oxygens (including phenoxy) is 1. The molecule has 0 saturated heterocycles. The van der Waals surface area contributed by atoms with Gasteiger partial charge >= 0.3 is 15.6 Å². The highest BCUT2D eigenvalue weighted by Gasteiger charge is 2.44. The van der Waals surface area contributed by atoms with E-state index in [-0.39, 0.29) is 10.6 Å². The number of benzene rings is 2. The van der Waals surface area contributed by atoms with E-state index >= 15 is 0 Å². The van der Waals surface area contributed by atoms with Gasteiger partial charge in [0, 0.05) is 37.0 Å². The first-order valence-electron chi connectivity index (χ1n) is 8.22. The molecule has 0 unspecified atom stereocenters. The highest BCUT2D eigenvalue weighted by atomic mass is 32.2. The van der Waals surface area contributed by atoms with E-state index < -0.39 is 15.6 Å². The van der Waals surface area contributed by atoms with E-state index in [9.17, 15) is 23.3 Å². The summed E-state index contributed by atoms with van der Waals surface area (Å²) >= 11 is 0. The average molecular weight is 446 g/mol. The van der Waals surface area contributed by atoms with Crippen molar-refractivity contribution >= 4 is 27.6 Å². The molecule has 0 aliphatic carbocycles. The van der Waals surface area contributed by atoms with Crippen LogP contribution in [0.25, 0.3) is 11.8 Å². The molecule has 0 fully saturated rings. The Morgan fingerprint density at radius 3 is 2.20 bits per heavy atom. The minimum atomic E-state index is -5.84. The molecule has 8 nitrogen and oxygen atoms in total. The largest absolute Gasteiger partial charge is 0.522 e. The summed E-state index contributed by atoms with van der Waals surface area (Å²) in [6.45, 7) is 0.738. The minimum absolute atomic E-state index is 0.102. The maximum Gasteiger partial charge on any atom is 0.522 e. The van der Waals surface area contributed by atoms with Crippen molar-refractivity contribution in [1.82, 2.24) is 4.90 Å². The van der Waals surface area contributed by atoms with Gasteiger partial charge < -0.3 is 9.64 Å². The molecule has 1 heterocycles. The molecule has 1 N–H and O–H groups in total. The molecule has 2 aromatic rings. The van der Waals surface area contributed by atoms with Gasteiger partial charge in [0.05, 0.1) is 12.0 Å². The third-order valence-corrected chi connectivity index (χ3v) is 4.74. The summed E-state index contributed by atoms with van der Waals surface area (Å²) in [5.41, 5.74) is -1.17. The van der Waals surface area contributed by atoms with Gasteiger partial charge in [-0.05, 0) is 35.4 Å². The predicted octanol–water partition coefficient (Wildman–Crippen LogP) is 3.94. The number of nitrogens with zero attached hydrogens (tertiary/aromatic N) is 2. The summed E-state index contributed by atoms with van der Waals surface area (Å²) in [5, 5.41) is 10.8. The van der Waals surface area contributed by atoms with Gasteiger partial charge in [-0.3, -0.25) is 14.7 Å². The monoisotopic (exact) mass is 446 g/mol. The number of hydrogen-bond acceptors (Lipinski definition) is 6. The normalized spacial score (nSPS) is 13.5. The zero-order valence-electron chi connectivity index (χ0n) is 15.8. The molecule has 0 amide bonds. The smallest absolute Gasteiger partial charge is 0.496 e. The Hall–Kier alpha value is -3.12. The minimum Gasteiger partial charge on any atom is -0.496 e. The number of fused-ring (bicyclic) bond motifs is 1. The molecule has 1 aliphatic heterocycles. The van der Waals surface area contributed by atoms with E-state index in [0.29, 0.717) is 0 Å². The Labute approximate surface area is 170 Å². The standard InChI is InChI=1S/C17H16N2O3.CHF3O3S/c1-18-11-15-13(4-3-5-17(15)22-2)10-16(18)12-6-8-14(9-7-12)19(20)21;2-1(3,4)8(5,6)7/h3-10H,11H2,1-2H3;(H,5,6,7). The van der Waals surface area contributed by atoms with Crippen molar-refractivity contribution in [3.63, 3.8) is 0 Å². The molecule has 0 radical (unpaired) electrons. The van der Waals surface area contributed by atoms with Crippen molar-refractivity contribution < 1.29 is 35.8 Å². The van der Waals surface area contributed by atoms with Crippen LogP contribution in [0.1, 0.15) is 16.7 Å². The van der Waals surface area contributed by atoms with E-state index in [4.69, 9.17) is 17.7 Å². The van der Waals surface area contributed by atoms with E-state index in [1.807, 2.05) is 19.2 Å². The van der Waals surface area contributed by atoms with Gasteiger partial charge in [0.15, 0.2) is 0 Å². The third kappa shape index (κ3) is 5.27. The summed E-state index contributed by atoms with van der Waals surface area (Å²) in [4.78, 5) is 12.5. The molecule has 0 bridgehead atoms. The molecule has 0 spiro atoms. The van der Waals surface area contributed by atoms with Crippen LogP contribution in [0.5, 0.6) is 5.75 Å². The molecule has 1 aliphatic rings. The summed E-state index contributed by atoms with van der Waals surface area (Å²) in [6, 6.07) is 12.6. The molecule has 0 saturated carbocycles. The van der Waals surface area contributed by atoms with Gasteiger partial charge in [-0.2, -0.15) is 21.6 Å². The summed E-state index contributed by atoms with van der Waals surface area (Å²) < 4.78 is 63.0. The Kier molecular flexibility index (Phi) is 6.73. The van der Waals surface area contributed by atoms with Crippen molar-refractivity contribution in [2.24, 2.45) is 0 Å². The Bertz CT molecular complexity index is 1070. The topological polar surface area (TPSA) is 110 Å². The van der Waals surface area contributed by atoms with Gasteiger partial charge in [-0.1, -0.05) is 12.1 Å². The van der Waals surface area contributed by atoms with Crippen molar-refractivity contribution in [2.45, 2.75) is 12.1 Å². The quantitative estimate of drug-likeness (QED) is 0.329. The highest BCUT2D eigenvalue weighted by molar-refractivity contribution is 7.86. The van der Waals surface area contributed by atoms with Gasteiger partial charge in [0.1, 0.15) is 5.75 Å². The SMILES string of the molecule is COc1cccc2c1CN(C)C(c1ccc([N+](=O)[O-])cc1)=C2.O=S(=O)(O)C(F)(F)F. The predicted molar refractivity (Wildman–Crippen MR) is 103 cm³/mol. The lowest BCUT2D eigenvalue weighted by molar-refractivity contribution is -0.384. The number of alkyl halides is 3. The lowest BCUT2D eigenvalue weighted by Crippen LogP contribution is -2.21. The van der Waals surface area contributed by atoms with E-state index in [1.165, 1.54) is 12.1 Å². The van der Waals surface area contributed by atoms with Crippen LogP contribution in [0.3, 0.4) is 0 Å². The summed E-state index contributed by atoms with van der Waals surface area (Å²) in [5.74, 6) is 0.878. The lowest BCUT2D eigenvalue weighted by Gasteiger charge is -2.29. The molecule has 162 valence electrons. The number of non-ortho nitro benzene ring substituents is 1. The summed E-state index contributed by atoms with van der Waals surface area (Å²) in [6.07, 6.45) is 2.09. The number of methoxy groups -OCH3 is 1. The van der Waals surface area contributed by atoms with Gasteiger partial charge in [0.25, 0.3) is 5.69 Å². The number of rotatable bonds is 3. The Balaban J connectivity index is 0.000000343. The second-order valence-electron chi connectivity index (χ2n) is 6.14. The van der Waals surface area contributed by atoms with Crippen LogP contribution in [-0.4, -0.2) is 42.5 Å². The van der Waals surface area contributed by atoms with E-state index in [1.54, 1.807) is 19.2 Å². The van der Waals surface area contributed by atoms with Gasteiger partial charge in [-0.15, -0.1) is 0 Å². The first-order chi connectivity index (χ1) is 13.8. The molecular weight excluding hydrogens is 429 g/mol. The third-order valence-electron chi connectivity index (χ3n) is 4.15. The maximum atomic E-state index is 10.8. The molecule has 0 aromatic heterocycles. The van der Waals surface area contributed by atoms with Gasteiger partial charge in [-0.25, -0.2) is 0 Å². The second-order valence-corrected chi connectivity index (χ2v) is 7.55. The van der Waals surface area contributed by atoms with Crippen LogP contribution in [0.2, 0.25) is 0 Å². The number of nitro benzene ring substituents is 1. The van der Waals surface area contributed by atoms with Crippen LogP contribution in [-0.2, 0) is 16.7 Å². The maximum absolute atomic E-state index is 10.8. The Morgan fingerprint density at radius 2 is 1.73 bits per heavy atom. The fraction of sp³-hybridized carbons (Fsp3) is 0.222. The molecule has 3 rings (SSSR count). The zero-order valence-corrected chi connectivity index (χ0v) is 16.6.